The highest BCUT2D eigenvalue weighted by atomic mass is 32.2. The fourth-order valence-corrected chi connectivity index (χ4v) is 5.74. The third-order valence-corrected chi connectivity index (χ3v) is 8.00. The largest absolute Gasteiger partial charge is 0.495 e. The van der Waals surface area contributed by atoms with Gasteiger partial charge in [-0.1, -0.05) is 48.5 Å². The van der Waals surface area contributed by atoms with Crippen molar-refractivity contribution >= 4 is 15.9 Å². The van der Waals surface area contributed by atoms with Crippen molar-refractivity contribution in [3.63, 3.8) is 0 Å². The number of amides is 1. The molecule has 1 atom stereocenters. The van der Waals surface area contributed by atoms with Crippen molar-refractivity contribution in [2.45, 2.75) is 52.1 Å². The van der Waals surface area contributed by atoms with Gasteiger partial charge in [0, 0.05) is 6.54 Å². The molecule has 0 saturated carbocycles. The second-order valence-corrected chi connectivity index (χ2v) is 10.9. The Bertz CT molecular complexity index is 1300. The zero-order valence-electron chi connectivity index (χ0n) is 21.3. The Morgan fingerprint density at radius 2 is 1.60 bits per heavy atom. The third kappa shape index (κ3) is 6.29. The maximum Gasteiger partial charge on any atom is 0.247 e. The van der Waals surface area contributed by atoms with Gasteiger partial charge in [-0.15, -0.1) is 0 Å². The van der Waals surface area contributed by atoms with Crippen LogP contribution in [0.2, 0.25) is 0 Å². The lowest BCUT2D eigenvalue weighted by molar-refractivity contribution is -0.122. The van der Waals surface area contributed by atoms with Crippen LogP contribution in [0.3, 0.4) is 0 Å². The summed E-state index contributed by atoms with van der Waals surface area (Å²) in [5.74, 6) is -0.130. The number of carbonyl (C=O) groups is 1. The SMILES string of the molecule is COc1ccc(C)cc1S(=O)(=O)N(CC(=O)NC(C)c1cc(C)c(C)cc1C)Cc1ccccc1. The molecule has 0 heterocycles. The van der Waals surface area contributed by atoms with Crippen LogP contribution < -0.4 is 10.1 Å². The summed E-state index contributed by atoms with van der Waals surface area (Å²) in [6.07, 6.45) is 0. The third-order valence-electron chi connectivity index (χ3n) is 6.19. The van der Waals surface area contributed by atoms with Crippen molar-refractivity contribution in [1.82, 2.24) is 9.62 Å². The Morgan fingerprint density at radius 3 is 2.26 bits per heavy atom. The van der Waals surface area contributed by atoms with Crippen LogP contribution in [-0.2, 0) is 21.4 Å². The van der Waals surface area contributed by atoms with Crippen molar-refractivity contribution in [3.05, 3.63) is 94.0 Å². The number of rotatable bonds is 9. The van der Waals surface area contributed by atoms with Crippen LogP contribution >= 0.6 is 0 Å². The van der Waals surface area contributed by atoms with E-state index in [4.69, 9.17) is 4.74 Å². The summed E-state index contributed by atoms with van der Waals surface area (Å²) < 4.78 is 34.1. The molecule has 1 amide bonds. The van der Waals surface area contributed by atoms with E-state index in [1.165, 1.54) is 17.0 Å². The molecule has 0 aliphatic rings. The summed E-state index contributed by atoms with van der Waals surface area (Å²) in [7, 11) is -2.60. The summed E-state index contributed by atoms with van der Waals surface area (Å²) in [6, 6.07) is 18.1. The highest BCUT2D eigenvalue weighted by molar-refractivity contribution is 7.89. The maximum absolute atomic E-state index is 13.8. The van der Waals surface area contributed by atoms with Crippen molar-refractivity contribution in [2.75, 3.05) is 13.7 Å². The van der Waals surface area contributed by atoms with Crippen LogP contribution in [0.25, 0.3) is 0 Å². The molecule has 3 aromatic carbocycles. The van der Waals surface area contributed by atoms with Gasteiger partial charge >= 0.3 is 0 Å². The maximum atomic E-state index is 13.8. The van der Waals surface area contributed by atoms with Gasteiger partial charge < -0.3 is 10.1 Å². The molecule has 7 heteroatoms. The van der Waals surface area contributed by atoms with Gasteiger partial charge in [0.05, 0.1) is 19.7 Å². The van der Waals surface area contributed by atoms with Gasteiger partial charge in [0.1, 0.15) is 10.6 Å². The predicted molar refractivity (Wildman–Crippen MR) is 139 cm³/mol. The molecular weight excluding hydrogens is 460 g/mol. The molecule has 186 valence electrons. The highest BCUT2D eigenvalue weighted by Crippen LogP contribution is 2.29. The molecule has 0 aliphatic carbocycles. The number of methoxy groups -OCH3 is 1. The number of nitrogens with one attached hydrogen (secondary N) is 1. The fraction of sp³-hybridized carbons (Fsp3) is 0.321. The number of ether oxygens (including phenoxy) is 1. The van der Waals surface area contributed by atoms with Crippen molar-refractivity contribution in [1.29, 1.82) is 0 Å². The molecule has 1 unspecified atom stereocenters. The summed E-state index contributed by atoms with van der Waals surface area (Å²) in [5.41, 5.74) is 6.00. The van der Waals surface area contributed by atoms with Gasteiger partial charge in [0.2, 0.25) is 15.9 Å². The topological polar surface area (TPSA) is 75.7 Å². The lowest BCUT2D eigenvalue weighted by Gasteiger charge is -2.25. The number of hydrogen-bond donors (Lipinski definition) is 1. The molecule has 3 aromatic rings. The lowest BCUT2D eigenvalue weighted by Crippen LogP contribution is -2.41. The molecule has 0 aromatic heterocycles. The summed E-state index contributed by atoms with van der Waals surface area (Å²) in [6.45, 7) is 9.58. The summed E-state index contributed by atoms with van der Waals surface area (Å²) >= 11 is 0. The van der Waals surface area contributed by atoms with Crippen molar-refractivity contribution < 1.29 is 17.9 Å². The normalized spacial score (nSPS) is 12.4. The number of benzene rings is 3. The van der Waals surface area contributed by atoms with E-state index in [0.717, 1.165) is 27.8 Å². The standard InChI is InChI=1S/C28H34N2O4S/c1-19-12-13-26(34-6)27(14-19)35(32,33)30(17-24-10-8-7-9-11-24)18-28(31)29-23(5)25-16-21(3)20(2)15-22(25)4/h7-16,23H,17-18H2,1-6H3,(H,29,31). The first-order chi connectivity index (χ1) is 16.5. The van der Waals surface area contributed by atoms with Gasteiger partial charge in [-0.3, -0.25) is 4.79 Å². The second-order valence-electron chi connectivity index (χ2n) is 9.00. The average Bonchev–Trinajstić information content (AvgIpc) is 2.81. The van der Waals surface area contributed by atoms with E-state index in [0.29, 0.717) is 0 Å². The van der Waals surface area contributed by atoms with Gasteiger partial charge in [0.15, 0.2) is 0 Å². The average molecular weight is 495 g/mol. The van der Waals surface area contributed by atoms with E-state index in [1.54, 1.807) is 18.2 Å². The molecule has 1 N–H and O–H groups in total. The van der Waals surface area contributed by atoms with Gasteiger partial charge in [-0.25, -0.2) is 8.42 Å². The van der Waals surface area contributed by atoms with Crippen LogP contribution in [0.15, 0.2) is 65.6 Å². The van der Waals surface area contributed by atoms with E-state index in [-0.39, 0.29) is 35.7 Å². The molecule has 0 spiro atoms. The van der Waals surface area contributed by atoms with E-state index >= 15 is 0 Å². The molecule has 0 radical (unpaired) electrons. The quantitative estimate of drug-likeness (QED) is 0.454. The molecule has 6 nitrogen and oxygen atoms in total. The second kappa shape index (κ2) is 11.1. The zero-order valence-corrected chi connectivity index (χ0v) is 22.1. The van der Waals surface area contributed by atoms with Gasteiger partial charge in [-0.05, 0) is 80.1 Å². The number of sulfonamides is 1. The Kier molecular flexibility index (Phi) is 8.35. The Hall–Kier alpha value is -3.16. The zero-order chi connectivity index (χ0) is 25.8. The van der Waals surface area contributed by atoms with Gasteiger partial charge in [-0.2, -0.15) is 4.31 Å². The molecular formula is C28H34N2O4S. The van der Waals surface area contributed by atoms with Gasteiger partial charge in [0.25, 0.3) is 0 Å². The highest BCUT2D eigenvalue weighted by Gasteiger charge is 2.30. The first-order valence-electron chi connectivity index (χ1n) is 11.6. The smallest absolute Gasteiger partial charge is 0.247 e. The molecule has 3 rings (SSSR count). The molecule has 35 heavy (non-hydrogen) atoms. The van der Waals surface area contributed by atoms with Crippen LogP contribution in [0.5, 0.6) is 5.75 Å². The predicted octanol–water partition coefficient (Wildman–Crippen LogP) is 5.00. The Balaban J connectivity index is 1.91. The fourth-order valence-electron chi connectivity index (χ4n) is 4.11. The van der Waals surface area contributed by atoms with E-state index in [9.17, 15) is 13.2 Å². The van der Waals surface area contributed by atoms with Crippen molar-refractivity contribution in [3.8, 4) is 5.75 Å². The molecule has 0 saturated heterocycles. The number of hydrogen-bond acceptors (Lipinski definition) is 4. The molecule has 0 fully saturated rings. The van der Waals surface area contributed by atoms with Crippen molar-refractivity contribution in [2.24, 2.45) is 0 Å². The Morgan fingerprint density at radius 1 is 0.943 bits per heavy atom. The minimum Gasteiger partial charge on any atom is -0.495 e. The first-order valence-corrected chi connectivity index (χ1v) is 13.0. The van der Waals surface area contributed by atoms with Crippen LogP contribution in [0.4, 0.5) is 0 Å². The monoisotopic (exact) mass is 494 g/mol. The minimum absolute atomic E-state index is 0.0433. The summed E-state index contributed by atoms with van der Waals surface area (Å²) in [5, 5.41) is 2.99. The van der Waals surface area contributed by atoms with Crippen LogP contribution in [-0.4, -0.2) is 32.3 Å². The number of aryl methyl sites for hydroxylation is 4. The van der Waals surface area contributed by atoms with E-state index in [2.05, 4.69) is 24.4 Å². The van der Waals surface area contributed by atoms with Crippen LogP contribution in [0.1, 0.15) is 46.3 Å². The minimum atomic E-state index is -4.03. The first kappa shape index (κ1) is 26.4. The lowest BCUT2D eigenvalue weighted by atomic mass is 9.96. The summed E-state index contributed by atoms with van der Waals surface area (Å²) in [4.78, 5) is 13.2. The number of carbonyl (C=O) groups excluding carboxylic acids is 1. The Labute approximate surface area is 209 Å². The number of nitrogens with zero attached hydrogens (tertiary/aromatic N) is 1. The van der Waals surface area contributed by atoms with E-state index < -0.39 is 10.0 Å². The molecule has 0 aliphatic heterocycles. The van der Waals surface area contributed by atoms with Crippen LogP contribution in [0, 0.1) is 27.7 Å². The molecule has 0 bridgehead atoms. The van der Waals surface area contributed by atoms with E-state index in [1.807, 2.05) is 58.0 Å².